The van der Waals surface area contributed by atoms with Crippen LogP contribution in [0, 0.1) is 0 Å². The fourth-order valence-corrected chi connectivity index (χ4v) is 2.27. The van der Waals surface area contributed by atoms with Crippen molar-refractivity contribution in [3.63, 3.8) is 0 Å². The number of hydrogen-bond acceptors (Lipinski definition) is 3. The molecule has 0 N–H and O–H groups in total. The van der Waals surface area contributed by atoms with Gasteiger partial charge in [-0.15, -0.1) is 5.10 Å². The van der Waals surface area contributed by atoms with Gasteiger partial charge in [0.25, 0.3) is 0 Å². The highest BCUT2D eigenvalue weighted by Gasteiger charge is 2.18. The molecule has 0 amide bonds. The molecule has 16 heavy (non-hydrogen) atoms. The average Bonchev–Trinajstić information content (AvgIpc) is 2.73. The van der Waals surface area contributed by atoms with Crippen molar-refractivity contribution in [1.82, 2.24) is 15.0 Å². The Morgan fingerprint density at radius 1 is 1.31 bits per heavy atom. The van der Waals surface area contributed by atoms with Gasteiger partial charge in [-0.05, 0) is 31.0 Å². The highest BCUT2D eigenvalue weighted by molar-refractivity contribution is 6.31. The molecule has 0 atom stereocenters. The summed E-state index contributed by atoms with van der Waals surface area (Å²) in [6, 6.07) is 6.05. The summed E-state index contributed by atoms with van der Waals surface area (Å²) in [6.07, 6.45) is 1.98. The summed E-state index contributed by atoms with van der Waals surface area (Å²) >= 11 is 5.99. The molecule has 0 aliphatic carbocycles. The summed E-state index contributed by atoms with van der Waals surface area (Å²) in [5.41, 5.74) is 1.91. The largest absolute Gasteiger partial charge is 0.381 e. The van der Waals surface area contributed by atoms with Gasteiger partial charge in [-0.1, -0.05) is 16.8 Å². The van der Waals surface area contributed by atoms with Crippen LogP contribution >= 0.6 is 11.6 Å². The normalized spacial score (nSPS) is 18.1. The zero-order valence-electron chi connectivity index (χ0n) is 8.77. The molecule has 4 nitrogen and oxygen atoms in total. The highest BCUT2D eigenvalue weighted by atomic mass is 35.5. The van der Waals surface area contributed by atoms with E-state index in [4.69, 9.17) is 16.3 Å². The smallest absolute Gasteiger partial charge is 0.113 e. The van der Waals surface area contributed by atoms with Crippen molar-refractivity contribution in [2.24, 2.45) is 0 Å². The van der Waals surface area contributed by atoms with Crippen molar-refractivity contribution in [3.05, 3.63) is 23.2 Å². The molecule has 0 unspecified atom stereocenters. The van der Waals surface area contributed by atoms with Crippen LogP contribution in [0.5, 0.6) is 0 Å². The van der Waals surface area contributed by atoms with Crippen molar-refractivity contribution in [1.29, 1.82) is 0 Å². The summed E-state index contributed by atoms with van der Waals surface area (Å²) in [6.45, 7) is 1.60. The van der Waals surface area contributed by atoms with Gasteiger partial charge in [-0.25, -0.2) is 4.68 Å². The van der Waals surface area contributed by atoms with Crippen LogP contribution in [0.2, 0.25) is 5.02 Å². The number of rotatable bonds is 1. The number of hydrogen-bond donors (Lipinski definition) is 0. The summed E-state index contributed by atoms with van der Waals surface area (Å²) in [7, 11) is 0. The lowest BCUT2D eigenvalue weighted by atomic mass is 10.1. The fourth-order valence-electron chi connectivity index (χ4n) is 2.11. The van der Waals surface area contributed by atoms with E-state index >= 15 is 0 Å². The predicted octanol–water partition coefficient (Wildman–Crippen LogP) is 2.44. The second-order valence-electron chi connectivity index (χ2n) is 4.01. The van der Waals surface area contributed by atoms with Gasteiger partial charge in [-0.2, -0.15) is 0 Å². The molecular weight excluding hydrogens is 226 g/mol. The number of ether oxygens (including phenoxy) is 1. The molecule has 0 spiro atoms. The van der Waals surface area contributed by atoms with Crippen LogP contribution in [0.25, 0.3) is 11.0 Å². The number of benzene rings is 1. The maximum atomic E-state index is 5.99. The minimum absolute atomic E-state index is 0.386. The molecule has 1 aliphatic heterocycles. The minimum Gasteiger partial charge on any atom is -0.381 e. The quantitative estimate of drug-likeness (QED) is 0.765. The summed E-state index contributed by atoms with van der Waals surface area (Å²) in [5.74, 6) is 0. The molecule has 5 heteroatoms. The third-order valence-corrected chi connectivity index (χ3v) is 3.20. The zero-order valence-corrected chi connectivity index (χ0v) is 9.52. The maximum Gasteiger partial charge on any atom is 0.113 e. The first-order valence-electron chi connectivity index (χ1n) is 5.43. The molecule has 1 aromatic carbocycles. The molecule has 84 valence electrons. The van der Waals surface area contributed by atoms with Crippen LogP contribution in [-0.2, 0) is 4.74 Å². The first-order valence-corrected chi connectivity index (χ1v) is 5.80. The second kappa shape index (κ2) is 4.03. The zero-order chi connectivity index (χ0) is 11.0. The predicted molar refractivity (Wildman–Crippen MR) is 61.6 cm³/mol. The van der Waals surface area contributed by atoms with Crippen molar-refractivity contribution < 1.29 is 4.74 Å². The van der Waals surface area contributed by atoms with Crippen molar-refractivity contribution in [2.45, 2.75) is 18.9 Å². The van der Waals surface area contributed by atoms with E-state index < -0.39 is 0 Å². The van der Waals surface area contributed by atoms with Crippen LogP contribution in [0.4, 0.5) is 0 Å². The molecule has 1 aromatic heterocycles. The number of halogens is 1. The second-order valence-corrected chi connectivity index (χ2v) is 4.45. The SMILES string of the molecule is Clc1ccc2nnn(C3CCOCC3)c2c1. The first kappa shape index (κ1) is 10.1. The van der Waals surface area contributed by atoms with Crippen LogP contribution < -0.4 is 0 Å². The summed E-state index contributed by atoms with van der Waals surface area (Å²) in [4.78, 5) is 0. The Hall–Kier alpha value is -1.13. The van der Waals surface area contributed by atoms with E-state index in [1.807, 2.05) is 22.9 Å². The van der Waals surface area contributed by atoms with E-state index in [-0.39, 0.29) is 0 Å². The lowest BCUT2D eigenvalue weighted by Crippen LogP contribution is -2.20. The van der Waals surface area contributed by atoms with Gasteiger partial charge in [0.05, 0.1) is 11.6 Å². The fraction of sp³-hybridized carbons (Fsp3) is 0.455. The van der Waals surface area contributed by atoms with Crippen LogP contribution in [0.3, 0.4) is 0 Å². The molecular formula is C11H12ClN3O. The Balaban J connectivity index is 2.05. The molecule has 1 fully saturated rings. The molecule has 2 heterocycles. The Bertz CT molecular complexity index is 505. The van der Waals surface area contributed by atoms with E-state index in [1.165, 1.54) is 0 Å². The monoisotopic (exact) mass is 237 g/mol. The van der Waals surface area contributed by atoms with E-state index in [0.29, 0.717) is 6.04 Å². The molecule has 2 aromatic rings. The number of nitrogens with zero attached hydrogens (tertiary/aromatic N) is 3. The summed E-state index contributed by atoms with van der Waals surface area (Å²) in [5, 5.41) is 9.09. The van der Waals surface area contributed by atoms with Crippen LogP contribution in [0.15, 0.2) is 18.2 Å². The molecule has 0 radical (unpaired) electrons. The van der Waals surface area contributed by atoms with Crippen molar-refractivity contribution >= 4 is 22.6 Å². The Morgan fingerprint density at radius 2 is 2.12 bits per heavy atom. The maximum absolute atomic E-state index is 5.99. The lowest BCUT2D eigenvalue weighted by molar-refractivity contribution is 0.0669. The number of aromatic nitrogens is 3. The minimum atomic E-state index is 0.386. The van der Waals surface area contributed by atoms with Gasteiger partial charge in [0.2, 0.25) is 0 Å². The van der Waals surface area contributed by atoms with Gasteiger partial charge in [-0.3, -0.25) is 0 Å². The van der Waals surface area contributed by atoms with Crippen LogP contribution in [-0.4, -0.2) is 28.2 Å². The molecule has 0 saturated carbocycles. The summed E-state index contributed by atoms with van der Waals surface area (Å²) < 4.78 is 7.32. The van der Waals surface area contributed by atoms with Gasteiger partial charge >= 0.3 is 0 Å². The van der Waals surface area contributed by atoms with Gasteiger partial charge in [0.1, 0.15) is 5.52 Å². The van der Waals surface area contributed by atoms with Crippen molar-refractivity contribution in [3.8, 4) is 0 Å². The standard InChI is InChI=1S/C11H12ClN3O/c12-8-1-2-10-11(7-8)15(14-13-10)9-3-5-16-6-4-9/h1-2,7,9H,3-6H2. The molecule has 1 saturated heterocycles. The van der Waals surface area contributed by atoms with E-state index in [2.05, 4.69) is 10.3 Å². The third kappa shape index (κ3) is 1.68. The van der Waals surface area contributed by atoms with E-state index in [1.54, 1.807) is 0 Å². The van der Waals surface area contributed by atoms with E-state index in [9.17, 15) is 0 Å². The molecule has 1 aliphatic rings. The lowest BCUT2D eigenvalue weighted by Gasteiger charge is -2.22. The Kier molecular flexibility index (Phi) is 2.53. The van der Waals surface area contributed by atoms with Gasteiger partial charge in [0.15, 0.2) is 0 Å². The molecule has 0 bridgehead atoms. The van der Waals surface area contributed by atoms with Crippen molar-refractivity contribution in [2.75, 3.05) is 13.2 Å². The first-order chi connectivity index (χ1) is 7.84. The van der Waals surface area contributed by atoms with Gasteiger partial charge in [0, 0.05) is 18.2 Å². The third-order valence-electron chi connectivity index (χ3n) is 2.97. The Labute approximate surface area is 98.1 Å². The number of fused-ring (bicyclic) bond motifs is 1. The highest BCUT2D eigenvalue weighted by Crippen LogP contribution is 2.25. The van der Waals surface area contributed by atoms with Crippen LogP contribution in [0.1, 0.15) is 18.9 Å². The van der Waals surface area contributed by atoms with Gasteiger partial charge < -0.3 is 4.74 Å². The average molecular weight is 238 g/mol. The van der Waals surface area contributed by atoms with E-state index in [0.717, 1.165) is 42.1 Å². The Morgan fingerprint density at radius 3 is 2.94 bits per heavy atom. The molecule has 3 rings (SSSR count). The topological polar surface area (TPSA) is 39.9 Å².